The second-order valence-electron chi connectivity index (χ2n) is 5.18. The smallest absolute Gasteiger partial charge is 0.101 e. The van der Waals surface area contributed by atoms with Crippen molar-refractivity contribution in [2.24, 2.45) is 5.84 Å². The van der Waals surface area contributed by atoms with E-state index in [0.29, 0.717) is 5.92 Å². The fraction of sp³-hybridized carbons (Fsp3) is 0.400. The number of pyridine rings is 1. The van der Waals surface area contributed by atoms with Gasteiger partial charge in [-0.2, -0.15) is 0 Å². The lowest BCUT2D eigenvalue weighted by Crippen LogP contribution is -2.34. The van der Waals surface area contributed by atoms with Crippen molar-refractivity contribution in [3.63, 3.8) is 0 Å². The number of aryl methyl sites for hydroxylation is 2. The van der Waals surface area contributed by atoms with Gasteiger partial charge in [0.25, 0.3) is 0 Å². The Balaban J connectivity index is 1.97. The predicted molar refractivity (Wildman–Crippen MR) is 73.4 cm³/mol. The number of hydrogen-bond acceptors (Lipinski definition) is 4. The van der Waals surface area contributed by atoms with Gasteiger partial charge in [0, 0.05) is 23.4 Å². The van der Waals surface area contributed by atoms with Gasteiger partial charge in [0.2, 0.25) is 0 Å². The third-order valence-electron chi connectivity index (χ3n) is 3.93. The molecule has 1 aliphatic carbocycles. The lowest BCUT2D eigenvalue weighted by molar-refractivity contribution is 0.396. The first-order chi connectivity index (χ1) is 9.29. The minimum Gasteiger partial charge on any atom is -0.469 e. The maximum atomic E-state index is 5.78. The summed E-state index contributed by atoms with van der Waals surface area (Å²) in [6.45, 7) is 1.95. The van der Waals surface area contributed by atoms with Gasteiger partial charge < -0.3 is 4.42 Å². The summed E-state index contributed by atoms with van der Waals surface area (Å²) in [4.78, 5) is 4.58. The average molecular weight is 257 g/mol. The molecule has 0 aliphatic heterocycles. The van der Waals surface area contributed by atoms with E-state index in [9.17, 15) is 0 Å². The molecule has 100 valence electrons. The van der Waals surface area contributed by atoms with Crippen molar-refractivity contribution in [1.82, 2.24) is 10.4 Å². The van der Waals surface area contributed by atoms with Crippen LogP contribution >= 0.6 is 0 Å². The van der Waals surface area contributed by atoms with Crippen LogP contribution in [0.15, 0.2) is 35.1 Å². The number of hydrazine groups is 1. The van der Waals surface area contributed by atoms with Crippen LogP contribution in [0.2, 0.25) is 0 Å². The van der Waals surface area contributed by atoms with E-state index in [1.807, 2.05) is 25.3 Å². The molecule has 19 heavy (non-hydrogen) atoms. The Kier molecular flexibility index (Phi) is 3.36. The zero-order valence-corrected chi connectivity index (χ0v) is 11.1. The van der Waals surface area contributed by atoms with Gasteiger partial charge >= 0.3 is 0 Å². The molecule has 0 saturated heterocycles. The molecule has 2 heterocycles. The van der Waals surface area contributed by atoms with E-state index in [2.05, 4.69) is 16.5 Å². The average Bonchev–Trinajstić information content (AvgIpc) is 2.86. The quantitative estimate of drug-likeness (QED) is 0.655. The van der Waals surface area contributed by atoms with Crippen LogP contribution in [-0.2, 0) is 6.42 Å². The molecule has 0 aromatic carbocycles. The fourth-order valence-electron chi connectivity index (χ4n) is 3.04. The molecule has 4 heteroatoms. The summed E-state index contributed by atoms with van der Waals surface area (Å²) in [6, 6.07) is 6.28. The third-order valence-corrected chi connectivity index (χ3v) is 3.93. The van der Waals surface area contributed by atoms with E-state index < -0.39 is 0 Å². The van der Waals surface area contributed by atoms with Gasteiger partial charge in [-0.25, -0.2) is 0 Å². The highest BCUT2D eigenvalue weighted by Crippen LogP contribution is 2.39. The topological polar surface area (TPSA) is 64.1 Å². The number of rotatable bonds is 3. The standard InChI is InChI=1S/C15H19N3O/c1-10-8-12(9-19-10)15(18-16)13-6-2-4-11-5-3-7-17-14(11)13/h3,5,7-9,13,15,18H,2,4,6,16H2,1H3. The molecule has 0 amide bonds. The number of nitrogens with zero attached hydrogens (tertiary/aromatic N) is 1. The van der Waals surface area contributed by atoms with Crippen molar-refractivity contribution in [2.75, 3.05) is 0 Å². The summed E-state index contributed by atoms with van der Waals surface area (Å²) in [7, 11) is 0. The minimum atomic E-state index is 0.0615. The van der Waals surface area contributed by atoms with Crippen molar-refractivity contribution in [2.45, 2.75) is 38.1 Å². The Morgan fingerprint density at radius 1 is 1.53 bits per heavy atom. The maximum absolute atomic E-state index is 5.78. The van der Waals surface area contributed by atoms with Crippen molar-refractivity contribution >= 4 is 0 Å². The van der Waals surface area contributed by atoms with Gasteiger partial charge in [0.1, 0.15) is 5.76 Å². The first-order valence-electron chi connectivity index (χ1n) is 6.74. The Labute approximate surface area is 113 Å². The highest BCUT2D eigenvalue weighted by molar-refractivity contribution is 5.30. The molecule has 0 spiro atoms. The predicted octanol–water partition coefficient (Wildman–Crippen LogP) is 2.61. The first-order valence-corrected chi connectivity index (χ1v) is 6.74. The number of nitrogens with one attached hydrogen (secondary N) is 1. The number of furan rings is 1. The van der Waals surface area contributed by atoms with Crippen LogP contribution in [0.1, 0.15) is 47.4 Å². The Bertz CT molecular complexity index is 564. The highest BCUT2D eigenvalue weighted by atomic mass is 16.3. The summed E-state index contributed by atoms with van der Waals surface area (Å²) in [5.74, 6) is 7.00. The molecule has 2 aromatic heterocycles. The molecule has 2 aromatic rings. The van der Waals surface area contributed by atoms with E-state index in [0.717, 1.165) is 24.2 Å². The first kappa shape index (κ1) is 12.4. The molecule has 2 atom stereocenters. The van der Waals surface area contributed by atoms with Gasteiger partial charge in [-0.15, -0.1) is 0 Å². The molecule has 0 radical (unpaired) electrons. The molecule has 4 nitrogen and oxygen atoms in total. The second kappa shape index (κ2) is 5.15. The SMILES string of the molecule is Cc1cc(C(NN)C2CCCc3cccnc32)co1. The zero-order valence-electron chi connectivity index (χ0n) is 11.1. The van der Waals surface area contributed by atoms with E-state index >= 15 is 0 Å². The maximum Gasteiger partial charge on any atom is 0.101 e. The Morgan fingerprint density at radius 2 is 2.42 bits per heavy atom. The van der Waals surface area contributed by atoms with Crippen LogP contribution < -0.4 is 11.3 Å². The van der Waals surface area contributed by atoms with Gasteiger partial charge in [0.05, 0.1) is 12.3 Å². The van der Waals surface area contributed by atoms with Crippen LogP contribution in [0.25, 0.3) is 0 Å². The van der Waals surface area contributed by atoms with Crippen LogP contribution in [0.4, 0.5) is 0 Å². The molecular weight excluding hydrogens is 238 g/mol. The number of hydrogen-bond donors (Lipinski definition) is 2. The van der Waals surface area contributed by atoms with Crippen LogP contribution in [0.5, 0.6) is 0 Å². The number of aromatic nitrogens is 1. The molecule has 3 rings (SSSR count). The van der Waals surface area contributed by atoms with Crippen molar-refractivity contribution in [3.8, 4) is 0 Å². The van der Waals surface area contributed by atoms with E-state index in [1.54, 1.807) is 6.26 Å². The molecule has 2 unspecified atom stereocenters. The Hall–Kier alpha value is -1.65. The molecule has 0 saturated carbocycles. The summed E-state index contributed by atoms with van der Waals surface area (Å²) in [5, 5.41) is 0. The molecule has 0 fully saturated rings. The van der Waals surface area contributed by atoms with Gasteiger partial charge in [-0.3, -0.25) is 16.3 Å². The van der Waals surface area contributed by atoms with Crippen molar-refractivity contribution < 1.29 is 4.42 Å². The molecule has 0 bridgehead atoms. The summed E-state index contributed by atoms with van der Waals surface area (Å²) >= 11 is 0. The normalized spacial score (nSPS) is 20.0. The van der Waals surface area contributed by atoms with Gasteiger partial charge in [0.15, 0.2) is 0 Å². The van der Waals surface area contributed by atoms with Crippen LogP contribution in [0.3, 0.4) is 0 Å². The molecule has 3 N–H and O–H groups in total. The fourth-order valence-corrected chi connectivity index (χ4v) is 3.04. The monoisotopic (exact) mass is 257 g/mol. The van der Waals surface area contributed by atoms with Crippen LogP contribution in [0, 0.1) is 6.92 Å². The van der Waals surface area contributed by atoms with Crippen molar-refractivity contribution in [1.29, 1.82) is 0 Å². The highest BCUT2D eigenvalue weighted by Gasteiger charge is 2.30. The zero-order chi connectivity index (χ0) is 13.2. The third kappa shape index (κ3) is 2.29. The van der Waals surface area contributed by atoms with E-state index in [4.69, 9.17) is 10.3 Å². The summed E-state index contributed by atoms with van der Waals surface area (Å²) in [6.07, 6.45) is 7.05. The number of fused-ring (bicyclic) bond motifs is 1. The number of nitrogens with two attached hydrogens (primary N) is 1. The summed E-state index contributed by atoms with van der Waals surface area (Å²) < 4.78 is 5.41. The van der Waals surface area contributed by atoms with E-state index in [1.165, 1.54) is 17.7 Å². The summed E-state index contributed by atoms with van der Waals surface area (Å²) in [5.41, 5.74) is 6.57. The van der Waals surface area contributed by atoms with Crippen LogP contribution in [-0.4, -0.2) is 4.98 Å². The van der Waals surface area contributed by atoms with Gasteiger partial charge in [-0.05, 0) is 43.9 Å². The second-order valence-corrected chi connectivity index (χ2v) is 5.18. The lowest BCUT2D eigenvalue weighted by Gasteiger charge is -2.30. The Morgan fingerprint density at radius 3 is 3.16 bits per heavy atom. The lowest BCUT2D eigenvalue weighted by atomic mass is 9.80. The minimum absolute atomic E-state index is 0.0615. The molecular formula is C15H19N3O. The van der Waals surface area contributed by atoms with Gasteiger partial charge in [-0.1, -0.05) is 6.07 Å². The molecule has 1 aliphatic rings. The van der Waals surface area contributed by atoms with E-state index in [-0.39, 0.29) is 6.04 Å². The largest absolute Gasteiger partial charge is 0.469 e. The van der Waals surface area contributed by atoms with Crippen molar-refractivity contribution in [3.05, 3.63) is 53.2 Å².